The molecule has 1 fully saturated rings. The lowest BCUT2D eigenvalue weighted by Crippen LogP contribution is -2.58. The lowest BCUT2D eigenvalue weighted by Gasteiger charge is -2.44. The third-order valence-electron chi connectivity index (χ3n) is 4.19. The number of nitrogens with zero attached hydrogens (tertiary/aromatic N) is 9. The first-order valence-corrected chi connectivity index (χ1v) is 8.49. The van der Waals surface area contributed by atoms with E-state index in [1.165, 1.54) is 11.5 Å². The Bertz CT molecular complexity index is 836. The number of hydrogen-bond acceptors (Lipinski definition) is 9. The Balaban J connectivity index is 1.35. The summed E-state index contributed by atoms with van der Waals surface area (Å²) in [6.07, 6.45) is 1.62. The maximum atomic E-state index is 4.54. The molecule has 0 N–H and O–H groups in total. The van der Waals surface area contributed by atoms with Crippen LogP contribution >= 0.6 is 11.5 Å². The summed E-state index contributed by atoms with van der Waals surface area (Å²) in [6.45, 7) is 2.66. The fourth-order valence-corrected chi connectivity index (χ4v) is 3.25. The quantitative estimate of drug-likeness (QED) is 0.656. The van der Waals surface area contributed by atoms with Crippen molar-refractivity contribution in [2.75, 3.05) is 44.0 Å². The van der Waals surface area contributed by atoms with Crippen molar-refractivity contribution in [3.05, 3.63) is 24.3 Å². The average Bonchev–Trinajstić information content (AvgIpc) is 3.13. The standard InChI is InChI=1S/C14H19N9S/c1-20(2)14-16-11(19-24-14)8-21(3)10-6-22(7-10)13-5-4-12-17-15-9-23(12)18-13/h4-5,9-10H,6-8H2,1-3H3. The summed E-state index contributed by atoms with van der Waals surface area (Å²) < 4.78 is 6.13. The summed E-state index contributed by atoms with van der Waals surface area (Å²) >= 11 is 1.44. The maximum Gasteiger partial charge on any atom is 0.204 e. The van der Waals surface area contributed by atoms with Crippen LogP contribution in [0, 0.1) is 0 Å². The normalized spacial score (nSPS) is 15.2. The Labute approximate surface area is 143 Å². The van der Waals surface area contributed by atoms with E-state index in [2.05, 4.69) is 41.5 Å². The Morgan fingerprint density at radius 1 is 1.25 bits per heavy atom. The van der Waals surface area contributed by atoms with Gasteiger partial charge in [0.1, 0.15) is 12.1 Å². The fraction of sp³-hybridized carbons (Fsp3) is 0.500. The summed E-state index contributed by atoms with van der Waals surface area (Å²) in [7, 11) is 6.09. The zero-order valence-corrected chi connectivity index (χ0v) is 14.7. The predicted molar refractivity (Wildman–Crippen MR) is 92.5 cm³/mol. The van der Waals surface area contributed by atoms with Gasteiger partial charge in [-0.2, -0.15) is 8.89 Å². The lowest BCUT2D eigenvalue weighted by molar-refractivity contribution is 0.193. The topological polar surface area (TPSA) is 78.6 Å². The van der Waals surface area contributed by atoms with Gasteiger partial charge in [0, 0.05) is 44.8 Å². The lowest BCUT2D eigenvalue weighted by atomic mass is 10.1. The number of likely N-dealkylation sites (N-methyl/N-ethyl adjacent to an activating group) is 1. The van der Waals surface area contributed by atoms with E-state index < -0.39 is 0 Å². The molecular weight excluding hydrogens is 326 g/mol. The Morgan fingerprint density at radius 2 is 2.08 bits per heavy atom. The van der Waals surface area contributed by atoms with Crippen molar-refractivity contribution in [3.8, 4) is 0 Å². The Hall–Kier alpha value is -2.33. The van der Waals surface area contributed by atoms with E-state index in [1.54, 1.807) is 10.8 Å². The molecule has 0 amide bonds. The molecule has 126 valence electrons. The van der Waals surface area contributed by atoms with Crippen LogP contribution in [0.25, 0.3) is 5.65 Å². The van der Waals surface area contributed by atoms with Crippen LogP contribution in [-0.2, 0) is 6.54 Å². The zero-order valence-electron chi connectivity index (χ0n) is 13.9. The molecule has 1 saturated heterocycles. The second kappa shape index (κ2) is 5.95. The van der Waals surface area contributed by atoms with Gasteiger partial charge in [0.05, 0.1) is 6.54 Å². The van der Waals surface area contributed by atoms with Crippen LogP contribution in [0.15, 0.2) is 18.5 Å². The highest BCUT2D eigenvalue weighted by Crippen LogP contribution is 2.22. The molecule has 1 aliphatic rings. The van der Waals surface area contributed by atoms with Gasteiger partial charge in [-0.1, -0.05) is 0 Å². The van der Waals surface area contributed by atoms with Gasteiger partial charge < -0.3 is 9.80 Å². The van der Waals surface area contributed by atoms with Gasteiger partial charge in [-0.15, -0.1) is 15.3 Å². The molecule has 0 bridgehead atoms. The van der Waals surface area contributed by atoms with Crippen LogP contribution in [0.1, 0.15) is 5.82 Å². The van der Waals surface area contributed by atoms with Crippen LogP contribution in [0.3, 0.4) is 0 Å². The molecule has 4 heterocycles. The van der Waals surface area contributed by atoms with E-state index in [0.717, 1.165) is 42.1 Å². The minimum absolute atomic E-state index is 0.481. The number of aromatic nitrogens is 6. The second-order valence-electron chi connectivity index (χ2n) is 6.19. The highest BCUT2D eigenvalue weighted by atomic mass is 32.1. The van der Waals surface area contributed by atoms with E-state index in [0.29, 0.717) is 6.04 Å². The van der Waals surface area contributed by atoms with Crippen LogP contribution in [0.2, 0.25) is 0 Å². The number of anilines is 2. The molecule has 3 aromatic heterocycles. The molecule has 0 radical (unpaired) electrons. The van der Waals surface area contributed by atoms with E-state index in [-0.39, 0.29) is 0 Å². The number of rotatable bonds is 5. The molecule has 0 saturated carbocycles. The molecule has 0 unspecified atom stereocenters. The molecule has 3 aromatic rings. The van der Waals surface area contributed by atoms with Crippen molar-refractivity contribution in [1.29, 1.82) is 0 Å². The zero-order chi connectivity index (χ0) is 16.7. The van der Waals surface area contributed by atoms with E-state index in [1.807, 2.05) is 31.1 Å². The van der Waals surface area contributed by atoms with E-state index in [9.17, 15) is 0 Å². The van der Waals surface area contributed by atoms with Gasteiger partial charge in [0.15, 0.2) is 11.5 Å². The van der Waals surface area contributed by atoms with Crippen molar-refractivity contribution >= 4 is 28.1 Å². The van der Waals surface area contributed by atoms with Gasteiger partial charge in [-0.25, -0.2) is 4.98 Å². The van der Waals surface area contributed by atoms with Gasteiger partial charge >= 0.3 is 0 Å². The molecule has 24 heavy (non-hydrogen) atoms. The molecule has 0 aliphatic carbocycles. The van der Waals surface area contributed by atoms with Crippen molar-refractivity contribution in [1.82, 2.24) is 34.1 Å². The summed E-state index contributed by atoms with van der Waals surface area (Å²) in [5.41, 5.74) is 0.763. The Morgan fingerprint density at radius 3 is 2.83 bits per heavy atom. The summed E-state index contributed by atoms with van der Waals surface area (Å²) in [5.74, 6) is 1.84. The SMILES string of the molecule is CN(C)c1nc(CN(C)C2CN(c3ccc4nncn4n3)C2)ns1. The fourth-order valence-electron chi connectivity index (χ4n) is 2.65. The molecule has 0 atom stereocenters. The van der Waals surface area contributed by atoms with E-state index >= 15 is 0 Å². The molecule has 1 aliphatic heterocycles. The van der Waals surface area contributed by atoms with Gasteiger partial charge in [0.25, 0.3) is 0 Å². The highest BCUT2D eigenvalue weighted by Gasteiger charge is 2.31. The smallest absolute Gasteiger partial charge is 0.204 e. The summed E-state index contributed by atoms with van der Waals surface area (Å²) in [4.78, 5) is 11.1. The molecule has 4 rings (SSSR count). The Kier molecular flexibility index (Phi) is 3.77. The van der Waals surface area contributed by atoms with Crippen LogP contribution in [-0.4, -0.2) is 74.3 Å². The monoisotopic (exact) mass is 345 g/mol. The van der Waals surface area contributed by atoms with Crippen molar-refractivity contribution < 1.29 is 0 Å². The first-order valence-electron chi connectivity index (χ1n) is 7.72. The van der Waals surface area contributed by atoms with Gasteiger partial charge in [-0.05, 0) is 19.2 Å². The predicted octanol–water partition coefficient (Wildman–Crippen LogP) is 0.362. The van der Waals surface area contributed by atoms with Gasteiger partial charge in [0.2, 0.25) is 5.13 Å². The number of fused-ring (bicyclic) bond motifs is 1. The second-order valence-corrected chi connectivity index (χ2v) is 6.92. The van der Waals surface area contributed by atoms with Crippen LogP contribution in [0.5, 0.6) is 0 Å². The molecule has 10 heteroatoms. The minimum atomic E-state index is 0.481. The van der Waals surface area contributed by atoms with E-state index in [4.69, 9.17) is 0 Å². The minimum Gasteiger partial charge on any atom is -0.353 e. The van der Waals surface area contributed by atoms with Crippen molar-refractivity contribution in [3.63, 3.8) is 0 Å². The van der Waals surface area contributed by atoms with Crippen molar-refractivity contribution in [2.24, 2.45) is 0 Å². The molecule has 0 spiro atoms. The third-order valence-corrected chi connectivity index (χ3v) is 5.11. The summed E-state index contributed by atoms with van der Waals surface area (Å²) in [5, 5.41) is 13.3. The molecular formula is C14H19N9S. The van der Waals surface area contributed by atoms with Crippen LogP contribution < -0.4 is 9.80 Å². The average molecular weight is 345 g/mol. The first-order chi connectivity index (χ1) is 11.6. The van der Waals surface area contributed by atoms with Crippen molar-refractivity contribution in [2.45, 2.75) is 12.6 Å². The maximum absolute atomic E-state index is 4.54. The third kappa shape index (κ3) is 2.78. The molecule has 0 aromatic carbocycles. The molecule has 9 nitrogen and oxygen atoms in total. The highest BCUT2D eigenvalue weighted by molar-refractivity contribution is 7.09. The summed E-state index contributed by atoms with van der Waals surface area (Å²) in [6, 6.07) is 4.41. The van der Waals surface area contributed by atoms with Gasteiger partial charge in [-0.3, -0.25) is 4.90 Å². The number of hydrogen-bond donors (Lipinski definition) is 0. The largest absolute Gasteiger partial charge is 0.353 e. The van der Waals surface area contributed by atoms with Crippen LogP contribution in [0.4, 0.5) is 10.9 Å². The first kappa shape index (κ1) is 15.2.